The second kappa shape index (κ2) is 6.58. The SMILES string of the molecule is Cc1ccc(-c2c(CO)nnn2CCN2CCCC2)cc1C. The Balaban J connectivity index is 1.87. The lowest BCUT2D eigenvalue weighted by atomic mass is 10.0. The van der Waals surface area contributed by atoms with Gasteiger partial charge in [0.15, 0.2) is 0 Å². The maximum atomic E-state index is 9.57. The number of hydrogen-bond donors (Lipinski definition) is 1. The minimum absolute atomic E-state index is 0.0774. The molecule has 0 radical (unpaired) electrons. The number of benzene rings is 1. The van der Waals surface area contributed by atoms with Gasteiger partial charge in [-0.05, 0) is 57.0 Å². The van der Waals surface area contributed by atoms with Crippen LogP contribution in [0, 0.1) is 13.8 Å². The highest BCUT2D eigenvalue weighted by molar-refractivity contribution is 5.63. The molecular weight excluding hydrogens is 276 g/mol. The van der Waals surface area contributed by atoms with Crippen molar-refractivity contribution < 1.29 is 5.11 Å². The van der Waals surface area contributed by atoms with Crippen LogP contribution < -0.4 is 0 Å². The van der Waals surface area contributed by atoms with E-state index in [2.05, 4.69) is 47.3 Å². The van der Waals surface area contributed by atoms with E-state index in [0.717, 1.165) is 24.3 Å². The Bertz CT molecular complexity index is 644. The smallest absolute Gasteiger partial charge is 0.116 e. The topological polar surface area (TPSA) is 54.2 Å². The van der Waals surface area contributed by atoms with Crippen LogP contribution in [0.1, 0.15) is 29.7 Å². The van der Waals surface area contributed by atoms with Gasteiger partial charge in [-0.1, -0.05) is 17.3 Å². The quantitative estimate of drug-likeness (QED) is 0.919. The minimum atomic E-state index is -0.0774. The molecule has 1 N–H and O–H groups in total. The van der Waals surface area contributed by atoms with E-state index in [9.17, 15) is 5.11 Å². The first kappa shape index (κ1) is 15.2. The fourth-order valence-corrected chi connectivity index (χ4v) is 3.06. The second-order valence-corrected chi connectivity index (χ2v) is 6.11. The van der Waals surface area contributed by atoms with Crippen LogP contribution >= 0.6 is 0 Å². The molecule has 1 saturated heterocycles. The van der Waals surface area contributed by atoms with E-state index in [1.807, 2.05) is 4.68 Å². The van der Waals surface area contributed by atoms with Crippen molar-refractivity contribution in [1.29, 1.82) is 0 Å². The molecule has 5 nitrogen and oxygen atoms in total. The summed E-state index contributed by atoms with van der Waals surface area (Å²) in [6, 6.07) is 6.36. The Morgan fingerprint density at radius 2 is 1.86 bits per heavy atom. The van der Waals surface area contributed by atoms with Crippen LogP contribution in [0.2, 0.25) is 0 Å². The van der Waals surface area contributed by atoms with Crippen molar-refractivity contribution in [3.05, 3.63) is 35.0 Å². The van der Waals surface area contributed by atoms with Gasteiger partial charge in [0.2, 0.25) is 0 Å². The molecule has 1 aromatic heterocycles. The predicted octanol–water partition coefficient (Wildman–Crippen LogP) is 2.15. The van der Waals surface area contributed by atoms with Crippen molar-refractivity contribution in [2.75, 3.05) is 19.6 Å². The molecule has 2 heterocycles. The molecule has 5 heteroatoms. The summed E-state index contributed by atoms with van der Waals surface area (Å²) >= 11 is 0. The average molecular weight is 300 g/mol. The molecule has 0 atom stereocenters. The standard InChI is InChI=1S/C17H24N4O/c1-13-5-6-15(11-14(13)2)17-16(12-22)18-19-21(17)10-9-20-7-3-4-8-20/h5-6,11,22H,3-4,7-10,12H2,1-2H3. The number of nitrogens with zero attached hydrogens (tertiary/aromatic N) is 4. The van der Waals surface area contributed by atoms with Crippen molar-refractivity contribution in [3.63, 3.8) is 0 Å². The Morgan fingerprint density at radius 3 is 2.55 bits per heavy atom. The molecule has 2 aromatic rings. The van der Waals surface area contributed by atoms with E-state index in [0.29, 0.717) is 5.69 Å². The molecule has 0 spiro atoms. The van der Waals surface area contributed by atoms with Crippen LogP contribution in [-0.2, 0) is 13.2 Å². The summed E-state index contributed by atoms with van der Waals surface area (Å²) in [5.41, 5.74) is 5.20. The van der Waals surface area contributed by atoms with E-state index in [1.165, 1.54) is 37.1 Å². The van der Waals surface area contributed by atoms with Gasteiger partial charge in [-0.3, -0.25) is 0 Å². The Hall–Kier alpha value is -1.72. The third kappa shape index (κ3) is 3.05. The molecular formula is C17H24N4O. The number of aryl methyl sites for hydroxylation is 2. The molecule has 1 aliphatic heterocycles. The van der Waals surface area contributed by atoms with Crippen LogP contribution in [0.25, 0.3) is 11.3 Å². The molecule has 0 bridgehead atoms. The zero-order valence-corrected chi connectivity index (χ0v) is 13.4. The number of hydrogen-bond acceptors (Lipinski definition) is 4. The summed E-state index contributed by atoms with van der Waals surface area (Å²) in [5, 5.41) is 18.0. The van der Waals surface area contributed by atoms with Crippen LogP contribution in [0.4, 0.5) is 0 Å². The summed E-state index contributed by atoms with van der Waals surface area (Å²) in [4.78, 5) is 2.46. The lowest BCUT2D eigenvalue weighted by Crippen LogP contribution is -2.24. The summed E-state index contributed by atoms with van der Waals surface area (Å²) in [7, 11) is 0. The monoisotopic (exact) mass is 300 g/mol. The molecule has 0 saturated carbocycles. The van der Waals surface area contributed by atoms with Gasteiger partial charge < -0.3 is 10.0 Å². The largest absolute Gasteiger partial charge is 0.390 e. The van der Waals surface area contributed by atoms with Crippen molar-refractivity contribution >= 4 is 0 Å². The molecule has 3 rings (SSSR count). The highest BCUT2D eigenvalue weighted by Crippen LogP contribution is 2.25. The molecule has 1 fully saturated rings. The highest BCUT2D eigenvalue weighted by Gasteiger charge is 2.17. The lowest BCUT2D eigenvalue weighted by Gasteiger charge is -2.15. The van der Waals surface area contributed by atoms with Crippen molar-refractivity contribution in [3.8, 4) is 11.3 Å². The summed E-state index contributed by atoms with van der Waals surface area (Å²) in [6.45, 7) is 8.30. The van der Waals surface area contributed by atoms with Crippen molar-refractivity contribution in [1.82, 2.24) is 19.9 Å². The van der Waals surface area contributed by atoms with Crippen LogP contribution in [-0.4, -0.2) is 44.6 Å². The normalized spacial score (nSPS) is 15.6. The fraction of sp³-hybridized carbons (Fsp3) is 0.529. The maximum absolute atomic E-state index is 9.57. The van der Waals surface area contributed by atoms with Crippen molar-refractivity contribution in [2.45, 2.75) is 39.8 Å². The Morgan fingerprint density at radius 1 is 1.09 bits per heavy atom. The first-order valence-corrected chi connectivity index (χ1v) is 8.02. The Kier molecular flexibility index (Phi) is 4.55. The number of likely N-dealkylation sites (tertiary alicyclic amines) is 1. The first-order chi connectivity index (χ1) is 10.7. The molecule has 1 aromatic carbocycles. The third-order valence-electron chi connectivity index (χ3n) is 4.56. The predicted molar refractivity (Wildman–Crippen MR) is 86.5 cm³/mol. The van der Waals surface area contributed by atoms with E-state index in [1.54, 1.807) is 0 Å². The molecule has 0 unspecified atom stereocenters. The van der Waals surface area contributed by atoms with Crippen LogP contribution in [0.3, 0.4) is 0 Å². The number of rotatable bonds is 5. The molecule has 0 amide bonds. The van der Waals surface area contributed by atoms with Gasteiger partial charge in [0.1, 0.15) is 5.69 Å². The Labute approximate surface area is 131 Å². The number of aromatic nitrogens is 3. The fourth-order valence-electron chi connectivity index (χ4n) is 3.06. The third-order valence-corrected chi connectivity index (χ3v) is 4.56. The number of aliphatic hydroxyl groups is 1. The summed E-state index contributed by atoms with van der Waals surface area (Å²) in [5.74, 6) is 0. The van der Waals surface area contributed by atoms with Gasteiger partial charge >= 0.3 is 0 Å². The molecule has 22 heavy (non-hydrogen) atoms. The molecule has 0 aliphatic carbocycles. The zero-order chi connectivity index (χ0) is 15.5. The zero-order valence-electron chi connectivity index (χ0n) is 13.4. The van der Waals surface area contributed by atoms with Crippen molar-refractivity contribution in [2.24, 2.45) is 0 Å². The van der Waals surface area contributed by atoms with E-state index < -0.39 is 0 Å². The van der Waals surface area contributed by atoms with Gasteiger partial charge in [-0.15, -0.1) is 5.10 Å². The van der Waals surface area contributed by atoms with E-state index in [4.69, 9.17) is 0 Å². The van der Waals surface area contributed by atoms with E-state index >= 15 is 0 Å². The molecule has 118 valence electrons. The molecule has 1 aliphatic rings. The van der Waals surface area contributed by atoms with Gasteiger partial charge in [0.05, 0.1) is 18.8 Å². The van der Waals surface area contributed by atoms with Crippen LogP contribution in [0.5, 0.6) is 0 Å². The van der Waals surface area contributed by atoms with Gasteiger partial charge in [-0.2, -0.15) is 0 Å². The van der Waals surface area contributed by atoms with Gasteiger partial charge in [-0.25, -0.2) is 4.68 Å². The maximum Gasteiger partial charge on any atom is 0.116 e. The van der Waals surface area contributed by atoms with Crippen LogP contribution in [0.15, 0.2) is 18.2 Å². The van der Waals surface area contributed by atoms with E-state index in [-0.39, 0.29) is 6.61 Å². The highest BCUT2D eigenvalue weighted by atomic mass is 16.3. The summed E-state index contributed by atoms with van der Waals surface area (Å²) in [6.07, 6.45) is 2.59. The summed E-state index contributed by atoms with van der Waals surface area (Å²) < 4.78 is 1.94. The lowest BCUT2D eigenvalue weighted by molar-refractivity contribution is 0.277. The average Bonchev–Trinajstić information content (AvgIpc) is 3.16. The van der Waals surface area contributed by atoms with Gasteiger partial charge in [0.25, 0.3) is 0 Å². The minimum Gasteiger partial charge on any atom is -0.390 e. The van der Waals surface area contributed by atoms with Gasteiger partial charge in [0, 0.05) is 12.1 Å². The number of aliphatic hydroxyl groups excluding tert-OH is 1. The second-order valence-electron chi connectivity index (χ2n) is 6.11. The first-order valence-electron chi connectivity index (χ1n) is 8.02.